The third kappa shape index (κ3) is 2.56. The van der Waals surface area contributed by atoms with Gasteiger partial charge in [-0.05, 0) is 6.42 Å². The van der Waals surface area contributed by atoms with Gasteiger partial charge in [0.05, 0.1) is 0 Å². The second-order valence-electron chi connectivity index (χ2n) is 1.55. The molecule has 0 rings (SSSR count). The summed E-state index contributed by atoms with van der Waals surface area (Å²) in [6.07, 6.45) is 0.187. The standard InChI is InChI=1S/C4H12N2O/c1-3-4(7)6(2)5/h4,7H,3,5H2,1-2H3. The van der Waals surface area contributed by atoms with E-state index >= 15 is 0 Å². The fourth-order valence-electron chi connectivity index (χ4n) is 0.288. The van der Waals surface area contributed by atoms with Gasteiger partial charge in [0.15, 0.2) is 0 Å². The predicted octanol–water partition coefficient (Wildman–Crippen LogP) is -0.480. The van der Waals surface area contributed by atoms with E-state index < -0.39 is 6.23 Å². The number of hydrogen-bond acceptors (Lipinski definition) is 3. The molecule has 0 saturated heterocycles. The lowest BCUT2D eigenvalue weighted by atomic mass is 10.4. The average Bonchev–Trinajstić information content (AvgIpc) is 1.65. The quantitative estimate of drug-likeness (QED) is 0.282. The van der Waals surface area contributed by atoms with Crippen LogP contribution >= 0.6 is 0 Å². The fraction of sp³-hybridized carbons (Fsp3) is 1.00. The van der Waals surface area contributed by atoms with Crippen molar-refractivity contribution < 1.29 is 5.11 Å². The molecule has 0 aliphatic rings. The van der Waals surface area contributed by atoms with Gasteiger partial charge in [0.1, 0.15) is 6.23 Å². The highest BCUT2D eigenvalue weighted by Crippen LogP contribution is 1.87. The van der Waals surface area contributed by atoms with Crippen molar-refractivity contribution in [2.45, 2.75) is 19.6 Å². The van der Waals surface area contributed by atoms with E-state index in [2.05, 4.69) is 0 Å². The zero-order chi connectivity index (χ0) is 5.86. The van der Waals surface area contributed by atoms with Crippen LogP contribution < -0.4 is 5.84 Å². The first-order valence-corrected chi connectivity index (χ1v) is 2.34. The first-order valence-electron chi connectivity index (χ1n) is 2.34. The highest BCUT2D eigenvalue weighted by Gasteiger charge is 1.99. The Hall–Kier alpha value is -0.120. The van der Waals surface area contributed by atoms with Gasteiger partial charge in [0.25, 0.3) is 0 Å². The molecule has 1 unspecified atom stereocenters. The Bertz CT molecular complexity index is 47.0. The lowest BCUT2D eigenvalue weighted by Gasteiger charge is -2.14. The van der Waals surface area contributed by atoms with Gasteiger partial charge in [-0.1, -0.05) is 6.92 Å². The molecule has 0 bridgehead atoms. The van der Waals surface area contributed by atoms with Crippen LogP contribution in [0.2, 0.25) is 0 Å². The molecule has 0 aromatic rings. The van der Waals surface area contributed by atoms with E-state index in [0.29, 0.717) is 6.42 Å². The van der Waals surface area contributed by atoms with E-state index in [1.807, 2.05) is 6.92 Å². The average molecular weight is 104 g/mol. The van der Waals surface area contributed by atoms with Crippen molar-refractivity contribution in [2.75, 3.05) is 7.05 Å². The van der Waals surface area contributed by atoms with Gasteiger partial charge in [-0.25, -0.2) is 5.01 Å². The normalized spacial score (nSPS) is 15.0. The second-order valence-corrected chi connectivity index (χ2v) is 1.55. The summed E-state index contributed by atoms with van der Waals surface area (Å²) in [6, 6.07) is 0. The van der Waals surface area contributed by atoms with Gasteiger partial charge in [0, 0.05) is 7.05 Å². The Labute approximate surface area is 43.7 Å². The fourth-order valence-corrected chi connectivity index (χ4v) is 0.288. The molecular formula is C4H12N2O. The Balaban J connectivity index is 3.14. The molecule has 7 heavy (non-hydrogen) atoms. The van der Waals surface area contributed by atoms with E-state index in [0.717, 1.165) is 0 Å². The van der Waals surface area contributed by atoms with Gasteiger partial charge >= 0.3 is 0 Å². The van der Waals surface area contributed by atoms with Crippen molar-refractivity contribution in [1.82, 2.24) is 5.01 Å². The molecular weight excluding hydrogens is 92.1 g/mol. The third-order valence-corrected chi connectivity index (χ3v) is 0.835. The number of aliphatic hydroxyl groups is 1. The maximum Gasteiger partial charge on any atom is 0.119 e. The van der Waals surface area contributed by atoms with Crippen molar-refractivity contribution in [3.63, 3.8) is 0 Å². The molecule has 0 aliphatic carbocycles. The van der Waals surface area contributed by atoms with Crippen LogP contribution in [-0.4, -0.2) is 23.4 Å². The zero-order valence-corrected chi connectivity index (χ0v) is 4.76. The molecule has 0 fully saturated rings. The van der Waals surface area contributed by atoms with Crippen LogP contribution in [0.3, 0.4) is 0 Å². The molecule has 0 radical (unpaired) electrons. The van der Waals surface area contributed by atoms with E-state index in [1.165, 1.54) is 5.01 Å². The Morgan fingerprint density at radius 1 is 1.86 bits per heavy atom. The minimum Gasteiger partial charge on any atom is -0.377 e. The maximum atomic E-state index is 8.74. The number of hydrazine groups is 1. The lowest BCUT2D eigenvalue weighted by Crippen LogP contribution is -2.36. The van der Waals surface area contributed by atoms with Crippen molar-refractivity contribution in [1.29, 1.82) is 0 Å². The largest absolute Gasteiger partial charge is 0.377 e. The van der Waals surface area contributed by atoms with Crippen LogP contribution in [-0.2, 0) is 0 Å². The summed E-state index contributed by atoms with van der Waals surface area (Å²) < 4.78 is 0. The first-order chi connectivity index (χ1) is 3.18. The number of rotatable bonds is 2. The summed E-state index contributed by atoms with van der Waals surface area (Å²) in [7, 11) is 1.63. The van der Waals surface area contributed by atoms with E-state index in [4.69, 9.17) is 10.9 Å². The first kappa shape index (κ1) is 6.88. The minimum absolute atomic E-state index is 0.486. The highest BCUT2D eigenvalue weighted by atomic mass is 16.3. The lowest BCUT2D eigenvalue weighted by molar-refractivity contribution is 0.0192. The van der Waals surface area contributed by atoms with Crippen LogP contribution in [0.5, 0.6) is 0 Å². The molecule has 0 aromatic carbocycles. The van der Waals surface area contributed by atoms with Gasteiger partial charge in [-0.3, -0.25) is 5.84 Å². The Kier molecular flexibility index (Phi) is 2.91. The Morgan fingerprint density at radius 2 is 2.29 bits per heavy atom. The van der Waals surface area contributed by atoms with Crippen LogP contribution in [0.1, 0.15) is 13.3 Å². The van der Waals surface area contributed by atoms with Crippen molar-refractivity contribution in [3.8, 4) is 0 Å². The molecule has 3 N–H and O–H groups in total. The number of nitrogens with zero attached hydrogens (tertiary/aromatic N) is 1. The molecule has 44 valence electrons. The van der Waals surface area contributed by atoms with E-state index in [-0.39, 0.29) is 0 Å². The number of aliphatic hydroxyl groups excluding tert-OH is 1. The predicted molar refractivity (Wildman–Crippen MR) is 28.2 cm³/mol. The molecule has 3 heteroatoms. The summed E-state index contributed by atoms with van der Waals surface area (Å²) in [5.74, 6) is 5.13. The molecule has 0 saturated carbocycles. The van der Waals surface area contributed by atoms with E-state index in [9.17, 15) is 0 Å². The topological polar surface area (TPSA) is 49.5 Å². The summed E-state index contributed by atoms with van der Waals surface area (Å²) in [5, 5.41) is 10.0. The highest BCUT2D eigenvalue weighted by molar-refractivity contribution is 4.41. The monoisotopic (exact) mass is 104 g/mol. The van der Waals surface area contributed by atoms with Crippen molar-refractivity contribution in [3.05, 3.63) is 0 Å². The van der Waals surface area contributed by atoms with Crippen molar-refractivity contribution >= 4 is 0 Å². The second kappa shape index (κ2) is 2.96. The third-order valence-electron chi connectivity index (χ3n) is 0.835. The van der Waals surface area contributed by atoms with Gasteiger partial charge in [-0.15, -0.1) is 0 Å². The summed E-state index contributed by atoms with van der Waals surface area (Å²) in [4.78, 5) is 0. The minimum atomic E-state index is -0.486. The SMILES string of the molecule is CCC(O)N(C)N. The number of nitrogens with two attached hydrogens (primary N) is 1. The Morgan fingerprint density at radius 3 is 2.29 bits per heavy atom. The van der Waals surface area contributed by atoms with Crippen LogP contribution in [0.4, 0.5) is 0 Å². The number of hydrogen-bond donors (Lipinski definition) is 2. The van der Waals surface area contributed by atoms with Crippen LogP contribution in [0.15, 0.2) is 0 Å². The summed E-state index contributed by atoms with van der Waals surface area (Å²) >= 11 is 0. The molecule has 0 spiro atoms. The molecule has 0 heterocycles. The molecule has 0 aromatic heterocycles. The van der Waals surface area contributed by atoms with Gasteiger partial charge in [0.2, 0.25) is 0 Å². The van der Waals surface area contributed by atoms with E-state index in [1.54, 1.807) is 7.05 Å². The van der Waals surface area contributed by atoms with Gasteiger partial charge < -0.3 is 5.11 Å². The van der Waals surface area contributed by atoms with Crippen molar-refractivity contribution in [2.24, 2.45) is 5.84 Å². The molecule has 3 nitrogen and oxygen atoms in total. The van der Waals surface area contributed by atoms with Gasteiger partial charge in [-0.2, -0.15) is 0 Å². The molecule has 0 aliphatic heterocycles. The van der Waals surface area contributed by atoms with Crippen LogP contribution in [0.25, 0.3) is 0 Å². The summed E-state index contributed by atoms with van der Waals surface area (Å²) in [5.41, 5.74) is 0. The smallest absolute Gasteiger partial charge is 0.119 e. The molecule has 0 amide bonds. The summed E-state index contributed by atoms with van der Waals surface area (Å²) in [6.45, 7) is 1.87. The van der Waals surface area contributed by atoms with Crippen LogP contribution in [0, 0.1) is 0 Å². The maximum absolute atomic E-state index is 8.74. The molecule has 1 atom stereocenters. The zero-order valence-electron chi connectivity index (χ0n) is 4.76.